The fraction of sp³-hybridized carbons (Fsp3) is 0.417. The lowest BCUT2D eigenvalue weighted by atomic mass is 10.1. The first-order valence-corrected chi connectivity index (χ1v) is 7.44. The summed E-state index contributed by atoms with van der Waals surface area (Å²) >= 11 is 0. The maximum absolute atomic E-state index is 13.5. The van der Waals surface area contributed by atoms with Crippen LogP contribution in [-0.4, -0.2) is 31.7 Å². The average Bonchev–Trinajstić information content (AvgIpc) is 2.34. The molecule has 5 nitrogen and oxygen atoms in total. The molecule has 1 aromatic carbocycles. The molecule has 112 valence electrons. The molecule has 8 heteroatoms. The molecule has 0 atom stereocenters. The van der Waals surface area contributed by atoms with Crippen molar-refractivity contribution >= 4 is 16.1 Å². The van der Waals surface area contributed by atoms with E-state index in [1.807, 2.05) is 0 Å². The van der Waals surface area contributed by atoms with Crippen LogP contribution >= 0.6 is 0 Å². The molecule has 0 aliphatic carbocycles. The van der Waals surface area contributed by atoms with E-state index in [0.717, 1.165) is 10.4 Å². The third-order valence-corrected chi connectivity index (χ3v) is 4.40. The van der Waals surface area contributed by atoms with E-state index < -0.39 is 33.3 Å². The van der Waals surface area contributed by atoms with Crippen LogP contribution in [0.2, 0.25) is 0 Å². The van der Waals surface area contributed by atoms with Crippen LogP contribution in [0.3, 0.4) is 0 Å². The fourth-order valence-electron chi connectivity index (χ4n) is 1.63. The summed E-state index contributed by atoms with van der Waals surface area (Å²) in [6, 6.07) is 1.52. The first-order chi connectivity index (χ1) is 9.22. The van der Waals surface area contributed by atoms with Gasteiger partial charge in [0.05, 0.1) is 5.56 Å². The van der Waals surface area contributed by atoms with Gasteiger partial charge in [-0.3, -0.25) is 4.79 Å². The lowest BCUT2D eigenvalue weighted by Crippen LogP contribution is -2.43. The van der Waals surface area contributed by atoms with Gasteiger partial charge in [-0.05, 0) is 18.6 Å². The van der Waals surface area contributed by atoms with E-state index in [9.17, 15) is 22.0 Å². The first-order valence-electron chi connectivity index (χ1n) is 6.00. The van der Waals surface area contributed by atoms with Gasteiger partial charge in [-0.2, -0.15) is 12.7 Å². The van der Waals surface area contributed by atoms with Crippen LogP contribution in [0.4, 0.5) is 8.78 Å². The first kappa shape index (κ1) is 16.5. The van der Waals surface area contributed by atoms with Crippen LogP contribution in [0.1, 0.15) is 29.8 Å². The number of rotatable bonds is 5. The van der Waals surface area contributed by atoms with Gasteiger partial charge in [0.25, 0.3) is 5.91 Å². The Morgan fingerprint density at radius 1 is 1.20 bits per heavy atom. The summed E-state index contributed by atoms with van der Waals surface area (Å²) in [7, 11) is -4.04. The van der Waals surface area contributed by atoms with Gasteiger partial charge in [0.1, 0.15) is 11.6 Å². The van der Waals surface area contributed by atoms with Gasteiger partial charge in [0.15, 0.2) is 0 Å². The number of benzene rings is 1. The molecule has 1 N–H and O–H groups in total. The maximum atomic E-state index is 13.5. The van der Waals surface area contributed by atoms with Crippen LogP contribution in [0.25, 0.3) is 0 Å². The normalized spacial score (nSPS) is 11.7. The van der Waals surface area contributed by atoms with Crippen molar-refractivity contribution in [1.82, 2.24) is 9.03 Å². The van der Waals surface area contributed by atoms with E-state index in [4.69, 9.17) is 0 Å². The summed E-state index contributed by atoms with van der Waals surface area (Å²) in [5.41, 5.74) is -0.462. The molecule has 0 fully saturated rings. The Morgan fingerprint density at radius 3 is 2.25 bits per heavy atom. The van der Waals surface area contributed by atoms with Gasteiger partial charge in [-0.25, -0.2) is 13.5 Å². The number of halogens is 2. The van der Waals surface area contributed by atoms with Crippen molar-refractivity contribution in [3.05, 3.63) is 34.9 Å². The van der Waals surface area contributed by atoms with Gasteiger partial charge in [-0.1, -0.05) is 13.8 Å². The largest absolute Gasteiger partial charge is 0.304 e. The summed E-state index contributed by atoms with van der Waals surface area (Å²) < 4.78 is 53.1. The van der Waals surface area contributed by atoms with Gasteiger partial charge in [0.2, 0.25) is 0 Å². The van der Waals surface area contributed by atoms with Crippen molar-refractivity contribution in [2.45, 2.75) is 20.8 Å². The van der Waals surface area contributed by atoms with Crippen LogP contribution in [0.5, 0.6) is 0 Å². The standard InChI is InChI=1S/C12H16F2N2O3S/c1-4-16(5-2)20(18,19)15-12(17)9-6-8(3)10(13)7-11(9)14/h6-7H,4-5H2,1-3H3,(H,15,17). The molecule has 1 amide bonds. The molecule has 20 heavy (non-hydrogen) atoms. The minimum atomic E-state index is -4.04. The van der Waals surface area contributed by atoms with Gasteiger partial charge < -0.3 is 0 Å². The number of hydrogen-bond donors (Lipinski definition) is 1. The van der Waals surface area contributed by atoms with Gasteiger partial charge >= 0.3 is 10.2 Å². The van der Waals surface area contributed by atoms with Crippen molar-refractivity contribution in [2.75, 3.05) is 13.1 Å². The maximum Gasteiger partial charge on any atom is 0.304 e. The molecule has 0 unspecified atom stereocenters. The minimum Gasteiger partial charge on any atom is -0.268 e. The highest BCUT2D eigenvalue weighted by Crippen LogP contribution is 2.14. The van der Waals surface area contributed by atoms with E-state index in [1.54, 1.807) is 18.6 Å². The fourth-order valence-corrected chi connectivity index (χ4v) is 2.78. The summed E-state index contributed by atoms with van der Waals surface area (Å²) in [6.45, 7) is 4.91. The van der Waals surface area contributed by atoms with E-state index >= 15 is 0 Å². The van der Waals surface area contributed by atoms with Crippen molar-refractivity contribution < 1.29 is 22.0 Å². The SMILES string of the molecule is CCN(CC)S(=O)(=O)NC(=O)c1cc(C)c(F)cc1F. The van der Waals surface area contributed by atoms with Gasteiger partial charge in [0, 0.05) is 19.2 Å². The number of hydrogen-bond acceptors (Lipinski definition) is 3. The molecule has 0 aliphatic rings. The Hall–Kier alpha value is -1.54. The van der Waals surface area contributed by atoms with Crippen LogP contribution < -0.4 is 4.72 Å². The monoisotopic (exact) mass is 306 g/mol. The Bertz CT molecular complexity index is 613. The molecule has 0 heterocycles. The lowest BCUT2D eigenvalue weighted by Gasteiger charge is -2.18. The zero-order chi connectivity index (χ0) is 15.5. The predicted octanol–water partition coefficient (Wildman–Crippen LogP) is 1.59. The topological polar surface area (TPSA) is 66.5 Å². The Morgan fingerprint density at radius 2 is 1.75 bits per heavy atom. The molecular formula is C12H16F2N2O3S. The van der Waals surface area contributed by atoms with Crippen molar-refractivity contribution in [3.63, 3.8) is 0 Å². The molecule has 0 bridgehead atoms. The van der Waals surface area contributed by atoms with E-state index in [2.05, 4.69) is 0 Å². The number of nitrogens with zero attached hydrogens (tertiary/aromatic N) is 1. The predicted molar refractivity (Wildman–Crippen MR) is 70.4 cm³/mol. The minimum absolute atomic E-state index is 0.0526. The number of carbonyl (C=O) groups is 1. The highest BCUT2D eigenvalue weighted by Gasteiger charge is 2.24. The second kappa shape index (κ2) is 6.27. The summed E-state index contributed by atoms with van der Waals surface area (Å²) in [5, 5.41) is 0. The molecule has 1 rings (SSSR count). The molecule has 0 saturated heterocycles. The smallest absolute Gasteiger partial charge is 0.268 e. The zero-order valence-corrected chi connectivity index (χ0v) is 12.2. The second-order valence-electron chi connectivity index (χ2n) is 4.10. The highest BCUT2D eigenvalue weighted by molar-refractivity contribution is 7.87. The molecule has 1 aromatic rings. The third-order valence-electron chi connectivity index (χ3n) is 2.76. The second-order valence-corrected chi connectivity index (χ2v) is 5.77. The lowest BCUT2D eigenvalue weighted by molar-refractivity contribution is 0.0975. The van der Waals surface area contributed by atoms with E-state index in [-0.39, 0.29) is 18.7 Å². The number of nitrogens with one attached hydrogen (secondary N) is 1. The van der Waals surface area contributed by atoms with Crippen molar-refractivity contribution in [2.24, 2.45) is 0 Å². The molecular weight excluding hydrogens is 290 g/mol. The Kier molecular flexibility index (Phi) is 5.18. The molecule has 0 aromatic heterocycles. The molecule has 0 radical (unpaired) electrons. The van der Waals surface area contributed by atoms with Crippen LogP contribution in [0.15, 0.2) is 12.1 Å². The average molecular weight is 306 g/mol. The summed E-state index contributed by atoms with van der Waals surface area (Å²) in [4.78, 5) is 11.8. The van der Waals surface area contributed by atoms with E-state index in [1.165, 1.54) is 6.92 Å². The molecule has 0 spiro atoms. The third kappa shape index (κ3) is 3.51. The van der Waals surface area contributed by atoms with Crippen LogP contribution in [-0.2, 0) is 10.2 Å². The quantitative estimate of drug-likeness (QED) is 0.898. The van der Waals surface area contributed by atoms with Crippen molar-refractivity contribution in [3.8, 4) is 0 Å². The molecule has 0 saturated carbocycles. The number of aryl methyl sites for hydroxylation is 1. The van der Waals surface area contributed by atoms with Gasteiger partial charge in [-0.15, -0.1) is 0 Å². The number of amides is 1. The Labute approximate surface area is 116 Å². The summed E-state index contributed by atoms with van der Waals surface area (Å²) in [5.74, 6) is -3.04. The van der Waals surface area contributed by atoms with E-state index in [0.29, 0.717) is 6.07 Å². The highest BCUT2D eigenvalue weighted by atomic mass is 32.2. The number of carbonyl (C=O) groups excluding carboxylic acids is 1. The molecule has 0 aliphatic heterocycles. The van der Waals surface area contributed by atoms with Crippen LogP contribution in [0, 0.1) is 18.6 Å². The Balaban J connectivity index is 3.06. The van der Waals surface area contributed by atoms with Crippen molar-refractivity contribution in [1.29, 1.82) is 0 Å². The zero-order valence-electron chi connectivity index (χ0n) is 11.4. The summed E-state index contributed by atoms with van der Waals surface area (Å²) in [6.07, 6.45) is 0.